The van der Waals surface area contributed by atoms with Crippen molar-refractivity contribution in [1.82, 2.24) is 0 Å². The van der Waals surface area contributed by atoms with Gasteiger partial charge >= 0.3 is 0 Å². The number of nitrogens with zero attached hydrogens (tertiary/aromatic N) is 2. The van der Waals surface area contributed by atoms with Crippen LogP contribution in [0, 0.1) is 18.7 Å². The van der Waals surface area contributed by atoms with Gasteiger partial charge in [0, 0.05) is 31.1 Å². The molecule has 1 N–H and O–H groups in total. The van der Waals surface area contributed by atoms with E-state index in [1.54, 1.807) is 6.21 Å². The Bertz CT molecular complexity index is 1060. The number of hydrogen-bond acceptors (Lipinski definition) is 3. The van der Waals surface area contributed by atoms with Crippen molar-refractivity contribution < 1.29 is 9.18 Å². The van der Waals surface area contributed by atoms with Gasteiger partial charge in [-0.2, -0.15) is 0 Å². The van der Waals surface area contributed by atoms with E-state index in [4.69, 9.17) is 0 Å². The van der Waals surface area contributed by atoms with E-state index in [0.717, 1.165) is 42.7 Å². The van der Waals surface area contributed by atoms with Crippen LogP contribution in [0.4, 0.5) is 21.5 Å². The molecule has 5 heteroatoms. The first-order valence-corrected chi connectivity index (χ1v) is 10.8. The lowest BCUT2D eigenvalue weighted by Crippen LogP contribution is -2.36. The smallest absolute Gasteiger partial charge is 0.237 e. The monoisotopic (exact) mass is 403 g/mol. The predicted molar refractivity (Wildman–Crippen MR) is 119 cm³/mol. The first kappa shape index (κ1) is 19.0. The Morgan fingerprint density at radius 1 is 1.23 bits per heavy atom. The van der Waals surface area contributed by atoms with Crippen molar-refractivity contribution in [2.24, 2.45) is 10.9 Å². The van der Waals surface area contributed by atoms with Gasteiger partial charge in [0.15, 0.2) is 0 Å². The Labute approximate surface area is 176 Å². The molecular weight excluding hydrogens is 377 g/mol. The van der Waals surface area contributed by atoms with E-state index < -0.39 is 5.92 Å². The number of aliphatic imine (C=N–C) groups is 1. The molecule has 0 aromatic heterocycles. The van der Waals surface area contributed by atoms with E-state index in [9.17, 15) is 9.18 Å². The van der Waals surface area contributed by atoms with Gasteiger partial charge in [-0.1, -0.05) is 23.8 Å². The maximum atomic E-state index is 14.9. The van der Waals surface area contributed by atoms with Crippen molar-refractivity contribution >= 4 is 29.2 Å². The average molecular weight is 404 g/mol. The molecule has 1 saturated heterocycles. The summed E-state index contributed by atoms with van der Waals surface area (Å²) in [4.78, 5) is 18.9. The lowest BCUT2D eigenvalue weighted by Gasteiger charge is -2.37. The zero-order chi connectivity index (χ0) is 20.7. The van der Waals surface area contributed by atoms with Crippen molar-refractivity contribution in [3.05, 3.63) is 65.0 Å². The third-order valence-corrected chi connectivity index (χ3v) is 6.63. The van der Waals surface area contributed by atoms with E-state index in [-0.39, 0.29) is 11.7 Å². The topological polar surface area (TPSA) is 44.7 Å². The predicted octanol–water partition coefficient (Wildman–Crippen LogP) is 5.51. The van der Waals surface area contributed by atoms with E-state index in [2.05, 4.69) is 21.3 Å². The molecule has 1 aliphatic carbocycles. The second-order valence-electron chi connectivity index (χ2n) is 8.53. The summed E-state index contributed by atoms with van der Waals surface area (Å²) in [7, 11) is 0. The highest BCUT2D eigenvalue weighted by Crippen LogP contribution is 2.36. The summed E-state index contributed by atoms with van der Waals surface area (Å²) in [6.07, 6.45) is 8.77. The molecule has 0 bridgehead atoms. The van der Waals surface area contributed by atoms with Crippen LogP contribution in [0.1, 0.15) is 42.7 Å². The number of nitrogens with one attached hydrogen (secondary N) is 1. The maximum absolute atomic E-state index is 14.9. The molecule has 0 saturated carbocycles. The maximum Gasteiger partial charge on any atom is 0.237 e. The molecule has 2 aliphatic heterocycles. The highest BCUT2D eigenvalue weighted by atomic mass is 19.1. The van der Waals surface area contributed by atoms with Gasteiger partial charge in [-0.15, -0.1) is 0 Å². The second-order valence-corrected chi connectivity index (χ2v) is 8.53. The number of amides is 1. The highest BCUT2D eigenvalue weighted by molar-refractivity contribution is 6.13. The molecule has 30 heavy (non-hydrogen) atoms. The summed E-state index contributed by atoms with van der Waals surface area (Å²) in [5.41, 5.74) is 5.46. The molecule has 1 fully saturated rings. The summed E-state index contributed by atoms with van der Waals surface area (Å²) >= 11 is 0. The van der Waals surface area contributed by atoms with Gasteiger partial charge in [0.25, 0.3) is 0 Å². The number of rotatable bonds is 3. The number of aryl methyl sites for hydroxylation is 1. The van der Waals surface area contributed by atoms with Crippen LogP contribution in [-0.4, -0.2) is 25.2 Å². The summed E-state index contributed by atoms with van der Waals surface area (Å²) in [6.45, 7) is 3.70. The Morgan fingerprint density at radius 2 is 2.13 bits per heavy atom. The van der Waals surface area contributed by atoms with Gasteiger partial charge in [-0.05, 0) is 67.9 Å². The molecule has 3 aliphatic rings. The van der Waals surface area contributed by atoms with Crippen LogP contribution in [0.3, 0.4) is 0 Å². The van der Waals surface area contributed by atoms with Crippen LogP contribution < -0.4 is 10.2 Å². The summed E-state index contributed by atoms with van der Waals surface area (Å²) < 4.78 is 14.9. The van der Waals surface area contributed by atoms with Gasteiger partial charge in [0.2, 0.25) is 5.91 Å². The minimum Gasteiger partial charge on any atom is -0.365 e. The first-order valence-electron chi connectivity index (χ1n) is 10.8. The fourth-order valence-electron chi connectivity index (χ4n) is 5.02. The molecule has 2 aromatic rings. The van der Waals surface area contributed by atoms with Gasteiger partial charge < -0.3 is 10.2 Å². The number of piperidine rings is 1. The molecule has 2 atom stereocenters. The number of benzene rings is 2. The fraction of sp³-hybridized carbons (Fsp3) is 0.360. The number of allylic oxidation sites excluding steroid dienone is 1. The Kier molecular flexibility index (Phi) is 4.89. The van der Waals surface area contributed by atoms with Gasteiger partial charge in [-0.25, -0.2) is 4.39 Å². The van der Waals surface area contributed by atoms with E-state index >= 15 is 0 Å². The van der Waals surface area contributed by atoms with E-state index in [1.165, 1.54) is 24.5 Å². The number of fused-ring (bicyclic) bond motifs is 2. The summed E-state index contributed by atoms with van der Waals surface area (Å²) in [5, 5.41) is 2.89. The lowest BCUT2D eigenvalue weighted by molar-refractivity contribution is -0.115. The molecule has 0 radical (unpaired) electrons. The van der Waals surface area contributed by atoms with Crippen LogP contribution in [0.5, 0.6) is 0 Å². The standard InChI is InChI=1S/C25H26FN3O/c1-16-5-4-8-22-24(16)20(25(30)28-22)14-27-19-9-10-23(21(26)13-19)29-12-11-17-6-2-3-7-18(17)15-29/h4-5,7-10,13-14,17,20H,2-3,6,11-12,15H2,1H3,(H,28,30). The Morgan fingerprint density at radius 3 is 3.00 bits per heavy atom. The number of anilines is 2. The molecule has 5 rings (SSSR count). The highest BCUT2D eigenvalue weighted by Gasteiger charge is 2.30. The second kappa shape index (κ2) is 7.71. The lowest BCUT2D eigenvalue weighted by atomic mass is 9.82. The average Bonchev–Trinajstić information content (AvgIpc) is 3.08. The van der Waals surface area contributed by atoms with E-state index in [0.29, 0.717) is 17.3 Å². The zero-order valence-electron chi connectivity index (χ0n) is 17.2. The third-order valence-electron chi connectivity index (χ3n) is 6.63. The van der Waals surface area contributed by atoms with E-state index in [1.807, 2.05) is 37.3 Å². The third kappa shape index (κ3) is 3.42. The quantitative estimate of drug-likeness (QED) is 0.543. The summed E-state index contributed by atoms with van der Waals surface area (Å²) in [5.74, 6) is -0.109. The van der Waals surface area contributed by atoms with Gasteiger partial charge in [-0.3, -0.25) is 9.79 Å². The molecular formula is C25H26FN3O. The number of carbonyl (C=O) groups excluding carboxylic acids is 1. The number of hydrogen-bond donors (Lipinski definition) is 1. The molecule has 2 aromatic carbocycles. The van der Waals surface area contributed by atoms with Crippen molar-refractivity contribution in [1.29, 1.82) is 0 Å². The minimum absolute atomic E-state index is 0.0937. The van der Waals surface area contributed by atoms with Crippen LogP contribution in [-0.2, 0) is 4.79 Å². The van der Waals surface area contributed by atoms with Crippen molar-refractivity contribution in [2.45, 2.75) is 38.5 Å². The van der Waals surface area contributed by atoms with Crippen LogP contribution in [0.25, 0.3) is 0 Å². The van der Waals surface area contributed by atoms with Gasteiger partial charge in [0.1, 0.15) is 11.7 Å². The zero-order valence-corrected chi connectivity index (χ0v) is 17.2. The molecule has 1 amide bonds. The van der Waals surface area contributed by atoms with Crippen LogP contribution in [0.15, 0.2) is 53.0 Å². The Hall–Kier alpha value is -2.95. The van der Waals surface area contributed by atoms with Gasteiger partial charge in [0.05, 0.1) is 11.4 Å². The molecule has 4 nitrogen and oxygen atoms in total. The molecule has 2 heterocycles. The number of halogens is 1. The number of carbonyl (C=O) groups is 1. The molecule has 0 spiro atoms. The van der Waals surface area contributed by atoms with Crippen LogP contribution >= 0.6 is 0 Å². The fourth-order valence-corrected chi connectivity index (χ4v) is 5.02. The normalized spacial score (nSPS) is 23.2. The van der Waals surface area contributed by atoms with Crippen molar-refractivity contribution in [3.8, 4) is 0 Å². The Balaban J connectivity index is 1.35. The SMILES string of the molecule is Cc1cccc2c1C(C=Nc1ccc(N3CCC4CCCC=C4C3)c(F)c1)C(=O)N2. The van der Waals surface area contributed by atoms with Crippen LogP contribution in [0.2, 0.25) is 0 Å². The molecule has 154 valence electrons. The summed E-state index contributed by atoms with van der Waals surface area (Å²) in [6, 6.07) is 10.9. The molecule has 2 unspecified atom stereocenters. The van der Waals surface area contributed by atoms with Crippen molar-refractivity contribution in [3.63, 3.8) is 0 Å². The largest absolute Gasteiger partial charge is 0.365 e. The minimum atomic E-state index is -0.443. The van der Waals surface area contributed by atoms with Crippen molar-refractivity contribution in [2.75, 3.05) is 23.3 Å². The first-order chi connectivity index (χ1) is 14.6.